The molecular formula is C13H14N2O3. The zero-order valence-electron chi connectivity index (χ0n) is 10.0. The molecule has 5 heteroatoms. The average molecular weight is 246 g/mol. The number of carbonyl (C=O) groups is 1. The summed E-state index contributed by atoms with van der Waals surface area (Å²) < 4.78 is 4.95. The van der Waals surface area contributed by atoms with Crippen molar-refractivity contribution < 1.29 is 14.6 Å². The number of ether oxygens (including phenoxy) is 1. The van der Waals surface area contributed by atoms with E-state index in [0.717, 1.165) is 10.8 Å². The number of nitrogens with one attached hydrogen (secondary N) is 1. The minimum Gasteiger partial charge on any atom is -0.477 e. The molecule has 5 nitrogen and oxygen atoms in total. The van der Waals surface area contributed by atoms with Crippen LogP contribution in [-0.4, -0.2) is 36.3 Å². The van der Waals surface area contributed by atoms with Gasteiger partial charge in [0.1, 0.15) is 5.82 Å². The summed E-state index contributed by atoms with van der Waals surface area (Å²) in [6.45, 7) is 1.11. The predicted molar refractivity (Wildman–Crippen MR) is 69.1 cm³/mol. The van der Waals surface area contributed by atoms with Crippen LogP contribution in [0.1, 0.15) is 10.5 Å². The van der Waals surface area contributed by atoms with Crippen molar-refractivity contribution in [3.05, 3.63) is 36.0 Å². The summed E-state index contributed by atoms with van der Waals surface area (Å²) in [5, 5.41) is 13.9. The van der Waals surface area contributed by atoms with E-state index in [1.165, 1.54) is 0 Å². The van der Waals surface area contributed by atoms with Crippen molar-refractivity contribution in [1.82, 2.24) is 4.98 Å². The molecule has 0 aliphatic carbocycles. The summed E-state index contributed by atoms with van der Waals surface area (Å²) in [5.41, 5.74) is 0.0358. The van der Waals surface area contributed by atoms with Gasteiger partial charge in [0.2, 0.25) is 0 Å². The zero-order chi connectivity index (χ0) is 13.0. The molecule has 1 aromatic carbocycles. The maximum absolute atomic E-state index is 11.0. The van der Waals surface area contributed by atoms with Crippen molar-refractivity contribution in [2.45, 2.75) is 0 Å². The van der Waals surface area contributed by atoms with Crippen molar-refractivity contribution in [1.29, 1.82) is 0 Å². The molecular weight excluding hydrogens is 232 g/mol. The van der Waals surface area contributed by atoms with Gasteiger partial charge in [-0.05, 0) is 11.5 Å². The molecule has 2 aromatic rings. The Hall–Kier alpha value is -2.14. The molecule has 0 unspecified atom stereocenters. The number of rotatable bonds is 5. The van der Waals surface area contributed by atoms with Crippen LogP contribution in [0.3, 0.4) is 0 Å². The molecule has 0 atom stereocenters. The van der Waals surface area contributed by atoms with Gasteiger partial charge in [0, 0.05) is 19.0 Å². The molecule has 0 spiro atoms. The van der Waals surface area contributed by atoms with Gasteiger partial charge in [-0.1, -0.05) is 24.3 Å². The SMILES string of the molecule is COCCNc1nc(C(=O)O)cc2ccccc12. The number of carboxylic acids is 1. The van der Waals surface area contributed by atoms with Gasteiger partial charge in [0.05, 0.1) is 6.61 Å². The summed E-state index contributed by atoms with van der Waals surface area (Å²) >= 11 is 0. The van der Waals surface area contributed by atoms with E-state index in [1.54, 1.807) is 13.2 Å². The number of carboxylic acid groups (broad SMARTS) is 1. The average Bonchev–Trinajstić information content (AvgIpc) is 2.38. The van der Waals surface area contributed by atoms with E-state index in [9.17, 15) is 4.79 Å². The third-order valence-electron chi connectivity index (χ3n) is 2.56. The molecule has 0 fully saturated rings. The topological polar surface area (TPSA) is 71.5 Å². The quantitative estimate of drug-likeness (QED) is 0.789. The van der Waals surface area contributed by atoms with Crippen LogP contribution < -0.4 is 5.32 Å². The number of aromatic nitrogens is 1. The summed E-state index contributed by atoms with van der Waals surface area (Å²) in [6, 6.07) is 9.10. The largest absolute Gasteiger partial charge is 0.477 e. The molecule has 0 aliphatic rings. The molecule has 0 bridgehead atoms. The smallest absolute Gasteiger partial charge is 0.354 e. The lowest BCUT2D eigenvalue weighted by atomic mass is 10.1. The van der Waals surface area contributed by atoms with Crippen molar-refractivity contribution in [3.8, 4) is 0 Å². The highest BCUT2D eigenvalue weighted by molar-refractivity contribution is 5.97. The monoisotopic (exact) mass is 246 g/mol. The molecule has 0 saturated carbocycles. The highest BCUT2D eigenvalue weighted by Crippen LogP contribution is 2.22. The number of pyridine rings is 1. The number of anilines is 1. The number of hydrogen-bond acceptors (Lipinski definition) is 4. The molecule has 0 radical (unpaired) electrons. The van der Waals surface area contributed by atoms with E-state index in [4.69, 9.17) is 9.84 Å². The summed E-state index contributed by atoms with van der Waals surface area (Å²) in [7, 11) is 1.61. The van der Waals surface area contributed by atoms with E-state index in [-0.39, 0.29) is 5.69 Å². The van der Waals surface area contributed by atoms with Crippen LogP contribution in [0.5, 0.6) is 0 Å². The number of hydrogen-bond donors (Lipinski definition) is 2. The maximum atomic E-state index is 11.0. The van der Waals surface area contributed by atoms with E-state index < -0.39 is 5.97 Å². The normalized spacial score (nSPS) is 10.5. The van der Waals surface area contributed by atoms with Crippen molar-refractivity contribution in [2.75, 3.05) is 25.6 Å². The number of fused-ring (bicyclic) bond motifs is 1. The van der Waals surface area contributed by atoms with Gasteiger partial charge >= 0.3 is 5.97 Å². The Morgan fingerprint density at radius 2 is 2.22 bits per heavy atom. The highest BCUT2D eigenvalue weighted by atomic mass is 16.5. The molecule has 0 saturated heterocycles. The molecule has 1 heterocycles. The number of benzene rings is 1. The molecule has 0 amide bonds. The fourth-order valence-corrected chi connectivity index (χ4v) is 1.71. The Bertz CT molecular complexity index is 569. The number of methoxy groups -OCH3 is 1. The Labute approximate surface area is 104 Å². The van der Waals surface area contributed by atoms with E-state index in [2.05, 4.69) is 10.3 Å². The minimum atomic E-state index is -1.03. The first-order chi connectivity index (χ1) is 8.72. The second-order valence-corrected chi connectivity index (χ2v) is 3.80. The Balaban J connectivity index is 2.43. The van der Waals surface area contributed by atoms with Gasteiger partial charge in [-0.3, -0.25) is 0 Å². The number of nitrogens with zero attached hydrogens (tertiary/aromatic N) is 1. The lowest BCUT2D eigenvalue weighted by molar-refractivity contribution is 0.0691. The first-order valence-electron chi connectivity index (χ1n) is 5.58. The Kier molecular flexibility index (Phi) is 3.74. The van der Waals surface area contributed by atoms with Gasteiger partial charge in [-0.25, -0.2) is 9.78 Å². The number of aromatic carboxylic acids is 1. The molecule has 0 aliphatic heterocycles. The summed E-state index contributed by atoms with van der Waals surface area (Å²) in [5.74, 6) is -0.460. The summed E-state index contributed by atoms with van der Waals surface area (Å²) in [4.78, 5) is 15.1. The van der Waals surface area contributed by atoms with Crippen LogP contribution in [0.15, 0.2) is 30.3 Å². The van der Waals surface area contributed by atoms with E-state index in [0.29, 0.717) is 19.0 Å². The molecule has 2 rings (SSSR count). The third kappa shape index (κ3) is 2.57. The zero-order valence-corrected chi connectivity index (χ0v) is 10.0. The van der Waals surface area contributed by atoms with Gasteiger partial charge in [0.25, 0.3) is 0 Å². The highest BCUT2D eigenvalue weighted by Gasteiger charge is 2.10. The van der Waals surface area contributed by atoms with Crippen LogP contribution in [-0.2, 0) is 4.74 Å². The van der Waals surface area contributed by atoms with Crippen molar-refractivity contribution in [3.63, 3.8) is 0 Å². The van der Waals surface area contributed by atoms with Gasteiger partial charge in [-0.2, -0.15) is 0 Å². The van der Waals surface area contributed by atoms with E-state index >= 15 is 0 Å². The molecule has 1 aromatic heterocycles. The van der Waals surface area contributed by atoms with Gasteiger partial charge in [0.15, 0.2) is 5.69 Å². The van der Waals surface area contributed by atoms with Crippen molar-refractivity contribution >= 4 is 22.6 Å². The Morgan fingerprint density at radius 1 is 1.44 bits per heavy atom. The minimum absolute atomic E-state index is 0.0358. The van der Waals surface area contributed by atoms with Crippen LogP contribution >= 0.6 is 0 Å². The van der Waals surface area contributed by atoms with Crippen molar-refractivity contribution in [2.24, 2.45) is 0 Å². The van der Waals surface area contributed by atoms with Gasteiger partial charge < -0.3 is 15.2 Å². The van der Waals surface area contributed by atoms with Crippen LogP contribution in [0.2, 0.25) is 0 Å². The second kappa shape index (κ2) is 5.46. The first kappa shape index (κ1) is 12.3. The summed E-state index contributed by atoms with van der Waals surface area (Å²) in [6.07, 6.45) is 0. The van der Waals surface area contributed by atoms with Crippen LogP contribution in [0.25, 0.3) is 10.8 Å². The fourth-order valence-electron chi connectivity index (χ4n) is 1.71. The maximum Gasteiger partial charge on any atom is 0.354 e. The third-order valence-corrected chi connectivity index (χ3v) is 2.56. The molecule has 18 heavy (non-hydrogen) atoms. The van der Waals surface area contributed by atoms with Gasteiger partial charge in [-0.15, -0.1) is 0 Å². The lowest BCUT2D eigenvalue weighted by Crippen LogP contribution is -2.11. The van der Waals surface area contributed by atoms with E-state index in [1.807, 2.05) is 24.3 Å². The molecule has 94 valence electrons. The van der Waals surface area contributed by atoms with Crippen LogP contribution in [0, 0.1) is 0 Å². The first-order valence-corrected chi connectivity index (χ1v) is 5.58. The standard InChI is InChI=1S/C13H14N2O3/c1-18-7-6-14-12-10-5-3-2-4-9(10)8-11(15-12)13(16)17/h2-5,8H,6-7H2,1H3,(H,14,15)(H,16,17). The molecule has 2 N–H and O–H groups in total. The Morgan fingerprint density at radius 3 is 2.94 bits per heavy atom. The lowest BCUT2D eigenvalue weighted by Gasteiger charge is -2.09. The second-order valence-electron chi connectivity index (χ2n) is 3.80. The predicted octanol–water partition coefficient (Wildman–Crippen LogP) is 1.99. The fraction of sp³-hybridized carbons (Fsp3) is 0.231. The van der Waals surface area contributed by atoms with Crippen LogP contribution in [0.4, 0.5) is 5.82 Å².